The molecule has 25 heavy (non-hydrogen) atoms. The summed E-state index contributed by atoms with van der Waals surface area (Å²) in [5, 5.41) is 4.24. The molecular formula is C16H29N5O3S. The third-order valence-corrected chi connectivity index (χ3v) is 6.45. The number of carbonyl (C=O) groups is 1. The summed E-state index contributed by atoms with van der Waals surface area (Å²) in [6, 6.07) is 1.82. The zero-order chi connectivity index (χ0) is 18.6. The SMILES string of the molecule is Cc1cc(C(=O)N2CCCN(CCCS(=O)(=O)N(C)C)CC2)n(C)n1. The maximum Gasteiger partial charge on any atom is 0.272 e. The number of aromatic nitrogens is 2. The molecule has 0 saturated carbocycles. The van der Waals surface area contributed by atoms with Crippen LogP contribution < -0.4 is 0 Å². The van der Waals surface area contributed by atoms with Gasteiger partial charge in [0.25, 0.3) is 5.91 Å². The molecule has 1 aliphatic rings. The summed E-state index contributed by atoms with van der Waals surface area (Å²) >= 11 is 0. The van der Waals surface area contributed by atoms with Crippen LogP contribution in [-0.2, 0) is 17.1 Å². The highest BCUT2D eigenvalue weighted by Crippen LogP contribution is 2.11. The highest BCUT2D eigenvalue weighted by Gasteiger charge is 2.23. The van der Waals surface area contributed by atoms with Crippen LogP contribution in [0.25, 0.3) is 0 Å². The van der Waals surface area contributed by atoms with E-state index in [9.17, 15) is 13.2 Å². The fourth-order valence-corrected chi connectivity index (χ4v) is 3.88. The number of sulfonamides is 1. The van der Waals surface area contributed by atoms with Crippen molar-refractivity contribution in [3.63, 3.8) is 0 Å². The first-order valence-electron chi connectivity index (χ1n) is 8.63. The molecule has 0 unspecified atom stereocenters. The van der Waals surface area contributed by atoms with Gasteiger partial charge in [0.05, 0.1) is 11.4 Å². The molecule has 0 N–H and O–H groups in total. The van der Waals surface area contributed by atoms with Gasteiger partial charge in [-0.2, -0.15) is 5.10 Å². The van der Waals surface area contributed by atoms with Gasteiger partial charge < -0.3 is 9.80 Å². The minimum absolute atomic E-state index is 0.0140. The Labute approximate surface area is 150 Å². The van der Waals surface area contributed by atoms with Gasteiger partial charge in [-0.1, -0.05) is 0 Å². The normalized spacial score (nSPS) is 17.1. The number of amides is 1. The van der Waals surface area contributed by atoms with Crippen LogP contribution in [0.3, 0.4) is 0 Å². The summed E-state index contributed by atoms with van der Waals surface area (Å²) < 4.78 is 26.5. The van der Waals surface area contributed by atoms with E-state index in [0.29, 0.717) is 18.7 Å². The van der Waals surface area contributed by atoms with E-state index in [0.717, 1.165) is 38.3 Å². The first kappa shape index (κ1) is 19.9. The zero-order valence-electron chi connectivity index (χ0n) is 15.6. The predicted octanol–water partition coefficient (Wildman–Crippen LogP) is 0.158. The number of carbonyl (C=O) groups excluding carboxylic acids is 1. The molecule has 142 valence electrons. The second-order valence-corrected chi connectivity index (χ2v) is 9.04. The minimum atomic E-state index is -3.14. The minimum Gasteiger partial charge on any atom is -0.336 e. The molecule has 2 rings (SSSR count). The molecule has 8 nitrogen and oxygen atoms in total. The number of rotatable bonds is 6. The van der Waals surface area contributed by atoms with E-state index in [-0.39, 0.29) is 11.7 Å². The van der Waals surface area contributed by atoms with Gasteiger partial charge in [-0.25, -0.2) is 12.7 Å². The number of hydrogen-bond acceptors (Lipinski definition) is 5. The van der Waals surface area contributed by atoms with Gasteiger partial charge in [0.15, 0.2) is 0 Å². The van der Waals surface area contributed by atoms with Crippen molar-refractivity contribution in [2.45, 2.75) is 19.8 Å². The van der Waals surface area contributed by atoms with E-state index in [2.05, 4.69) is 10.00 Å². The lowest BCUT2D eigenvalue weighted by atomic mass is 10.3. The highest BCUT2D eigenvalue weighted by molar-refractivity contribution is 7.89. The third kappa shape index (κ3) is 5.26. The van der Waals surface area contributed by atoms with Gasteiger partial charge >= 0.3 is 0 Å². The van der Waals surface area contributed by atoms with Crippen LogP contribution >= 0.6 is 0 Å². The molecule has 1 amide bonds. The monoisotopic (exact) mass is 371 g/mol. The van der Waals surface area contributed by atoms with Crippen molar-refractivity contribution in [2.75, 3.05) is 52.6 Å². The number of nitrogens with zero attached hydrogens (tertiary/aromatic N) is 5. The van der Waals surface area contributed by atoms with Crippen molar-refractivity contribution in [3.8, 4) is 0 Å². The lowest BCUT2D eigenvalue weighted by Crippen LogP contribution is -2.36. The van der Waals surface area contributed by atoms with E-state index in [1.807, 2.05) is 17.9 Å². The number of aryl methyl sites for hydroxylation is 2. The molecule has 0 atom stereocenters. The van der Waals surface area contributed by atoms with Crippen molar-refractivity contribution in [3.05, 3.63) is 17.5 Å². The van der Waals surface area contributed by atoms with E-state index in [1.165, 1.54) is 4.31 Å². The standard InChI is InChI=1S/C16H29N5O3S/c1-14-13-15(19(4)17-14)16(22)21-9-5-7-20(10-11-21)8-6-12-25(23,24)18(2)3/h13H,5-12H2,1-4H3. The van der Waals surface area contributed by atoms with Gasteiger partial charge in [-0.3, -0.25) is 9.48 Å². The van der Waals surface area contributed by atoms with Gasteiger partial charge in [0.2, 0.25) is 10.0 Å². The molecule has 0 aromatic carbocycles. The largest absolute Gasteiger partial charge is 0.336 e. The van der Waals surface area contributed by atoms with Gasteiger partial charge in [-0.05, 0) is 38.9 Å². The molecule has 1 aliphatic heterocycles. The molecule has 9 heteroatoms. The quantitative estimate of drug-likeness (QED) is 0.712. The van der Waals surface area contributed by atoms with Crippen molar-refractivity contribution in [1.29, 1.82) is 0 Å². The summed E-state index contributed by atoms with van der Waals surface area (Å²) in [6.07, 6.45) is 1.50. The van der Waals surface area contributed by atoms with Crippen molar-refractivity contribution >= 4 is 15.9 Å². The summed E-state index contributed by atoms with van der Waals surface area (Å²) in [5.41, 5.74) is 1.45. The molecule has 1 aromatic heterocycles. The van der Waals surface area contributed by atoms with Crippen molar-refractivity contribution < 1.29 is 13.2 Å². The van der Waals surface area contributed by atoms with Gasteiger partial charge in [0, 0.05) is 40.8 Å². The Morgan fingerprint density at radius 2 is 1.96 bits per heavy atom. The lowest BCUT2D eigenvalue weighted by Gasteiger charge is -2.22. The van der Waals surface area contributed by atoms with E-state index in [1.54, 1.807) is 25.8 Å². The van der Waals surface area contributed by atoms with Crippen molar-refractivity contribution in [2.24, 2.45) is 7.05 Å². The molecule has 0 aliphatic carbocycles. The van der Waals surface area contributed by atoms with E-state index in [4.69, 9.17) is 0 Å². The molecule has 0 radical (unpaired) electrons. The van der Waals surface area contributed by atoms with Crippen LogP contribution in [0.2, 0.25) is 0 Å². The molecule has 1 saturated heterocycles. The molecule has 1 aromatic rings. The Morgan fingerprint density at radius 3 is 2.56 bits per heavy atom. The average molecular weight is 372 g/mol. The fourth-order valence-electron chi connectivity index (χ4n) is 3.02. The molecule has 2 heterocycles. The van der Waals surface area contributed by atoms with E-state index < -0.39 is 10.0 Å². The highest BCUT2D eigenvalue weighted by atomic mass is 32.2. The lowest BCUT2D eigenvalue weighted by molar-refractivity contribution is 0.0750. The summed E-state index contributed by atoms with van der Waals surface area (Å²) in [5.74, 6) is 0.174. The Kier molecular flexibility index (Phi) is 6.59. The Bertz CT molecular complexity index is 699. The smallest absolute Gasteiger partial charge is 0.272 e. The average Bonchev–Trinajstić information content (AvgIpc) is 2.73. The van der Waals surface area contributed by atoms with Crippen molar-refractivity contribution in [1.82, 2.24) is 23.9 Å². The maximum absolute atomic E-state index is 12.7. The van der Waals surface area contributed by atoms with Crippen LogP contribution in [0.1, 0.15) is 29.0 Å². The van der Waals surface area contributed by atoms with Crippen LogP contribution in [0.5, 0.6) is 0 Å². The van der Waals surface area contributed by atoms with Crippen LogP contribution in [0.4, 0.5) is 0 Å². The molecule has 1 fully saturated rings. The maximum atomic E-state index is 12.7. The fraction of sp³-hybridized carbons (Fsp3) is 0.750. The topological polar surface area (TPSA) is 78.8 Å². The van der Waals surface area contributed by atoms with Gasteiger partial charge in [-0.15, -0.1) is 0 Å². The summed E-state index contributed by atoms with van der Waals surface area (Å²) in [7, 11) is 1.77. The Balaban J connectivity index is 1.86. The van der Waals surface area contributed by atoms with Crippen LogP contribution in [0, 0.1) is 6.92 Å². The number of hydrogen-bond donors (Lipinski definition) is 0. The Hall–Kier alpha value is -1.45. The molecule has 0 spiro atoms. The molecular weight excluding hydrogens is 342 g/mol. The van der Waals surface area contributed by atoms with Crippen LogP contribution in [0.15, 0.2) is 6.07 Å². The van der Waals surface area contributed by atoms with Crippen LogP contribution in [-0.4, -0.2) is 90.8 Å². The zero-order valence-corrected chi connectivity index (χ0v) is 16.4. The van der Waals surface area contributed by atoms with Gasteiger partial charge in [0.1, 0.15) is 5.69 Å². The first-order chi connectivity index (χ1) is 11.7. The Morgan fingerprint density at radius 1 is 1.24 bits per heavy atom. The summed E-state index contributed by atoms with van der Waals surface area (Å²) in [4.78, 5) is 16.8. The second-order valence-electron chi connectivity index (χ2n) is 6.73. The predicted molar refractivity (Wildman–Crippen MR) is 97.0 cm³/mol. The molecule has 0 bridgehead atoms. The summed E-state index contributed by atoms with van der Waals surface area (Å²) in [6.45, 7) is 5.64. The first-order valence-corrected chi connectivity index (χ1v) is 10.2. The third-order valence-electron chi connectivity index (χ3n) is 4.53. The second kappa shape index (κ2) is 8.29. The van der Waals surface area contributed by atoms with E-state index >= 15 is 0 Å².